The molecule has 124 valence electrons. The van der Waals surface area contributed by atoms with E-state index in [0.29, 0.717) is 10.6 Å². The van der Waals surface area contributed by atoms with Crippen LogP contribution in [-0.4, -0.2) is 25.5 Å². The molecular formula is C19H17N5S. The van der Waals surface area contributed by atoms with Gasteiger partial charge in [0.15, 0.2) is 0 Å². The first-order valence-corrected chi connectivity index (χ1v) is 8.38. The molecule has 2 heterocycles. The number of nitrogens with one attached hydrogen (secondary N) is 1. The van der Waals surface area contributed by atoms with Crippen LogP contribution in [0.25, 0.3) is 16.7 Å². The van der Waals surface area contributed by atoms with Crippen LogP contribution in [0, 0.1) is 11.6 Å². The zero-order valence-corrected chi connectivity index (χ0v) is 14.8. The Bertz CT molecular complexity index is 1130. The van der Waals surface area contributed by atoms with Crippen LogP contribution in [0.5, 0.6) is 0 Å². The largest absolute Gasteiger partial charge is 0.311 e. The van der Waals surface area contributed by atoms with Gasteiger partial charge in [0.1, 0.15) is 4.64 Å². The molecule has 4 rings (SSSR count). The number of fused-ring (bicyclic) bond motifs is 1. The molecule has 0 atom stereocenters. The van der Waals surface area contributed by atoms with E-state index in [0.717, 1.165) is 28.0 Å². The maximum Gasteiger partial charge on any atom is 0.230 e. The third-order valence-corrected chi connectivity index (χ3v) is 4.61. The minimum Gasteiger partial charge on any atom is -0.311 e. The Kier molecular flexibility index (Phi) is 3.82. The van der Waals surface area contributed by atoms with E-state index in [2.05, 4.69) is 15.1 Å². The van der Waals surface area contributed by atoms with Gasteiger partial charge in [0.05, 0.1) is 22.3 Å². The predicted molar refractivity (Wildman–Crippen MR) is 104 cm³/mol. The standard InChI is InChI=1S/C19H17N5S/c1-13-15(18(25)24(22-13)14-8-4-3-5-9-14)12-20-19-21-16-10-6-7-11-17(16)23(19)2/h3-12,22H,1-2H3. The first-order chi connectivity index (χ1) is 12.1. The molecular weight excluding hydrogens is 330 g/mol. The highest BCUT2D eigenvalue weighted by molar-refractivity contribution is 7.71. The number of hydrogen-bond donors (Lipinski definition) is 1. The van der Waals surface area contributed by atoms with Crippen molar-refractivity contribution in [1.29, 1.82) is 0 Å². The third-order valence-electron chi connectivity index (χ3n) is 4.20. The van der Waals surface area contributed by atoms with Gasteiger partial charge in [-0.25, -0.2) is 14.7 Å². The van der Waals surface area contributed by atoms with Gasteiger partial charge in [-0.15, -0.1) is 0 Å². The van der Waals surface area contributed by atoms with Crippen LogP contribution < -0.4 is 0 Å². The number of hydrogen-bond acceptors (Lipinski definition) is 3. The SMILES string of the molecule is Cc1[nH]n(-c2ccccc2)c(=S)c1C=Nc1nc2ccccc2n1C. The number of nitrogens with zero attached hydrogens (tertiary/aromatic N) is 4. The number of aromatic amines is 1. The molecule has 2 aromatic heterocycles. The minimum absolute atomic E-state index is 0.655. The Labute approximate surface area is 150 Å². The molecule has 0 fully saturated rings. The fraction of sp³-hybridized carbons (Fsp3) is 0.105. The molecule has 0 aliphatic rings. The number of aryl methyl sites for hydroxylation is 2. The molecule has 0 amide bonds. The number of aromatic nitrogens is 4. The summed E-state index contributed by atoms with van der Waals surface area (Å²) in [5, 5.41) is 3.30. The van der Waals surface area contributed by atoms with Crippen molar-refractivity contribution >= 4 is 35.4 Å². The molecule has 0 aliphatic carbocycles. The maximum atomic E-state index is 5.62. The predicted octanol–water partition coefficient (Wildman–Crippen LogP) is 4.48. The van der Waals surface area contributed by atoms with Crippen molar-refractivity contribution in [2.45, 2.75) is 6.92 Å². The van der Waals surface area contributed by atoms with Gasteiger partial charge in [-0.1, -0.05) is 42.5 Å². The third kappa shape index (κ3) is 2.70. The van der Waals surface area contributed by atoms with E-state index in [1.807, 2.05) is 77.8 Å². The second kappa shape index (κ2) is 6.14. The lowest BCUT2D eigenvalue weighted by Crippen LogP contribution is -1.95. The van der Waals surface area contributed by atoms with Gasteiger partial charge in [0.2, 0.25) is 5.95 Å². The van der Waals surface area contributed by atoms with Crippen molar-refractivity contribution in [2.24, 2.45) is 12.0 Å². The van der Waals surface area contributed by atoms with Crippen LogP contribution in [0.4, 0.5) is 5.95 Å². The van der Waals surface area contributed by atoms with Crippen molar-refractivity contribution in [3.05, 3.63) is 70.5 Å². The highest BCUT2D eigenvalue weighted by Gasteiger charge is 2.09. The van der Waals surface area contributed by atoms with Crippen molar-refractivity contribution in [2.75, 3.05) is 0 Å². The first-order valence-electron chi connectivity index (χ1n) is 7.98. The highest BCUT2D eigenvalue weighted by atomic mass is 32.1. The smallest absolute Gasteiger partial charge is 0.230 e. The number of para-hydroxylation sites is 3. The maximum absolute atomic E-state index is 5.62. The van der Waals surface area contributed by atoms with Crippen LogP contribution in [-0.2, 0) is 7.05 Å². The number of rotatable bonds is 3. The Balaban J connectivity index is 1.76. The van der Waals surface area contributed by atoms with Crippen LogP contribution >= 0.6 is 12.2 Å². The van der Waals surface area contributed by atoms with Crippen molar-refractivity contribution < 1.29 is 0 Å². The molecule has 0 spiro atoms. The average Bonchev–Trinajstić information content (AvgIpc) is 3.11. The molecule has 25 heavy (non-hydrogen) atoms. The molecule has 0 bridgehead atoms. The molecule has 1 N–H and O–H groups in total. The van der Waals surface area contributed by atoms with Gasteiger partial charge in [-0.05, 0) is 31.2 Å². The normalized spacial score (nSPS) is 11.6. The van der Waals surface area contributed by atoms with Gasteiger partial charge in [0.25, 0.3) is 0 Å². The number of imidazole rings is 1. The van der Waals surface area contributed by atoms with Crippen LogP contribution in [0.3, 0.4) is 0 Å². The molecule has 0 aliphatic heterocycles. The monoisotopic (exact) mass is 347 g/mol. The average molecular weight is 347 g/mol. The molecule has 5 nitrogen and oxygen atoms in total. The Morgan fingerprint density at radius 1 is 1.08 bits per heavy atom. The Morgan fingerprint density at radius 3 is 2.56 bits per heavy atom. The van der Waals surface area contributed by atoms with Crippen molar-refractivity contribution in [3.63, 3.8) is 0 Å². The van der Waals surface area contributed by atoms with Gasteiger partial charge in [0, 0.05) is 19.0 Å². The van der Waals surface area contributed by atoms with Crippen molar-refractivity contribution in [3.8, 4) is 5.69 Å². The van der Waals surface area contributed by atoms with Gasteiger partial charge < -0.3 is 4.57 Å². The number of aliphatic imine (C=N–C) groups is 1. The zero-order chi connectivity index (χ0) is 17.4. The lowest BCUT2D eigenvalue weighted by atomic mass is 10.3. The van der Waals surface area contributed by atoms with Crippen molar-refractivity contribution in [1.82, 2.24) is 19.3 Å². The summed E-state index contributed by atoms with van der Waals surface area (Å²) in [4.78, 5) is 9.13. The fourth-order valence-electron chi connectivity index (χ4n) is 2.84. The molecule has 2 aromatic carbocycles. The molecule has 4 aromatic rings. The van der Waals surface area contributed by atoms with Crippen LogP contribution in [0.15, 0.2) is 59.6 Å². The second-order valence-electron chi connectivity index (χ2n) is 5.84. The summed E-state index contributed by atoms with van der Waals surface area (Å²) in [5.41, 5.74) is 4.85. The molecule has 0 saturated heterocycles. The van der Waals surface area contributed by atoms with Gasteiger partial charge in [-0.2, -0.15) is 0 Å². The topological polar surface area (TPSA) is 50.9 Å². The second-order valence-corrected chi connectivity index (χ2v) is 6.23. The minimum atomic E-state index is 0.655. The molecule has 0 saturated carbocycles. The summed E-state index contributed by atoms with van der Waals surface area (Å²) in [6, 6.07) is 18.0. The van der Waals surface area contributed by atoms with E-state index >= 15 is 0 Å². The highest BCUT2D eigenvalue weighted by Crippen LogP contribution is 2.20. The van der Waals surface area contributed by atoms with Crippen LogP contribution in [0.1, 0.15) is 11.3 Å². The summed E-state index contributed by atoms with van der Waals surface area (Å²) in [6.07, 6.45) is 1.79. The summed E-state index contributed by atoms with van der Waals surface area (Å²) < 4.78 is 4.56. The fourth-order valence-corrected chi connectivity index (χ4v) is 3.20. The molecule has 6 heteroatoms. The lowest BCUT2D eigenvalue weighted by molar-refractivity contribution is 0.853. The van der Waals surface area contributed by atoms with Crippen LogP contribution in [0.2, 0.25) is 0 Å². The first kappa shape index (κ1) is 15.5. The lowest BCUT2D eigenvalue weighted by Gasteiger charge is -2.01. The molecule has 0 radical (unpaired) electrons. The number of H-pyrrole nitrogens is 1. The van der Waals surface area contributed by atoms with E-state index < -0.39 is 0 Å². The van der Waals surface area contributed by atoms with E-state index in [1.54, 1.807) is 6.21 Å². The quantitative estimate of drug-likeness (QED) is 0.439. The summed E-state index contributed by atoms with van der Waals surface area (Å²) in [5.74, 6) is 0.655. The Morgan fingerprint density at radius 2 is 1.80 bits per heavy atom. The zero-order valence-electron chi connectivity index (χ0n) is 14.0. The van der Waals surface area contributed by atoms with E-state index in [1.165, 1.54) is 0 Å². The number of benzene rings is 2. The Hall–Kier alpha value is -2.99. The summed E-state index contributed by atoms with van der Waals surface area (Å²) >= 11 is 5.62. The summed E-state index contributed by atoms with van der Waals surface area (Å²) in [7, 11) is 1.96. The van der Waals surface area contributed by atoms with Gasteiger partial charge in [-0.3, -0.25) is 5.10 Å². The molecule has 0 unspecified atom stereocenters. The van der Waals surface area contributed by atoms with E-state index in [4.69, 9.17) is 12.2 Å². The summed E-state index contributed by atoms with van der Waals surface area (Å²) in [6.45, 7) is 1.99. The van der Waals surface area contributed by atoms with Gasteiger partial charge >= 0.3 is 0 Å². The van der Waals surface area contributed by atoms with E-state index in [9.17, 15) is 0 Å². The van der Waals surface area contributed by atoms with E-state index in [-0.39, 0.29) is 0 Å².